The van der Waals surface area contributed by atoms with Crippen molar-refractivity contribution < 1.29 is 19.2 Å². The standard InChI is InChI=1S/C25H32N4O4/c30-22-8-7-21(23(31)27-22)29-24(32)19-6-4-17(14-20(19)25(29)33)15-28-12-9-16(10-13-28)3-5-18-2-1-11-26-18/h4,6,14,16,18,21,26H,1-3,5,7-13,15H2,(H,27,30,31)/t18-,21?/m1/s1. The summed E-state index contributed by atoms with van der Waals surface area (Å²) in [5, 5.41) is 5.82. The number of hydrogen-bond acceptors (Lipinski definition) is 6. The Kier molecular flexibility index (Phi) is 6.29. The number of carbonyl (C=O) groups is 4. The molecular formula is C25H32N4O4. The minimum atomic E-state index is -0.919. The minimum absolute atomic E-state index is 0.127. The van der Waals surface area contributed by atoms with Gasteiger partial charge in [0, 0.05) is 19.0 Å². The van der Waals surface area contributed by atoms with Crippen LogP contribution in [0.2, 0.25) is 0 Å². The van der Waals surface area contributed by atoms with Gasteiger partial charge in [0.05, 0.1) is 11.1 Å². The van der Waals surface area contributed by atoms with Crippen LogP contribution < -0.4 is 10.6 Å². The summed E-state index contributed by atoms with van der Waals surface area (Å²) in [5.74, 6) is -1.04. The zero-order chi connectivity index (χ0) is 22.9. The Bertz CT molecular complexity index is 963. The average Bonchev–Trinajstić information content (AvgIpc) is 3.41. The molecule has 4 aliphatic heterocycles. The van der Waals surface area contributed by atoms with Crippen LogP contribution in [0, 0.1) is 5.92 Å². The molecule has 2 N–H and O–H groups in total. The highest BCUT2D eigenvalue weighted by Crippen LogP contribution is 2.30. The molecule has 4 amide bonds. The number of imide groups is 2. The van der Waals surface area contributed by atoms with E-state index in [0.717, 1.165) is 42.1 Å². The van der Waals surface area contributed by atoms with E-state index in [-0.39, 0.29) is 18.7 Å². The van der Waals surface area contributed by atoms with Crippen LogP contribution in [0.25, 0.3) is 0 Å². The van der Waals surface area contributed by atoms with Crippen molar-refractivity contribution in [3.8, 4) is 0 Å². The molecule has 0 radical (unpaired) electrons. The summed E-state index contributed by atoms with van der Waals surface area (Å²) in [6.07, 6.45) is 7.93. The number of amides is 4. The third kappa shape index (κ3) is 4.59. The monoisotopic (exact) mass is 452 g/mol. The summed E-state index contributed by atoms with van der Waals surface area (Å²) in [5.41, 5.74) is 1.71. The van der Waals surface area contributed by atoms with Crippen molar-refractivity contribution in [2.45, 2.75) is 70.0 Å². The molecule has 0 aliphatic carbocycles. The number of carbonyl (C=O) groups excluding carboxylic acids is 4. The van der Waals surface area contributed by atoms with Gasteiger partial charge in [-0.2, -0.15) is 0 Å². The molecule has 1 unspecified atom stereocenters. The molecule has 5 rings (SSSR count). The lowest BCUT2D eigenvalue weighted by molar-refractivity contribution is -0.136. The molecule has 2 atom stereocenters. The van der Waals surface area contributed by atoms with Crippen molar-refractivity contribution in [3.63, 3.8) is 0 Å². The van der Waals surface area contributed by atoms with Gasteiger partial charge in [0.25, 0.3) is 11.8 Å². The molecule has 4 aliphatic rings. The fourth-order valence-corrected chi connectivity index (χ4v) is 5.75. The fraction of sp³-hybridized carbons (Fsp3) is 0.600. The van der Waals surface area contributed by atoms with Crippen molar-refractivity contribution in [2.24, 2.45) is 5.92 Å². The summed E-state index contributed by atoms with van der Waals surface area (Å²) in [7, 11) is 0. The van der Waals surface area contributed by atoms with Gasteiger partial charge in [-0.15, -0.1) is 0 Å². The zero-order valence-corrected chi connectivity index (χ0v) is 19.0. The van der Waals surface area contributed by atoms with Gasteiger partial charge >= 0.3 is 0 Å². The van der Waals surface area contributed by atoms with Gasteiger partial charge in [-0.05, 0) is 88.2 Å². The largest absolute Gasteiger partial charge is 0.314 e. The predicted molar refractivity (Wildman–Crippen MR) is 121 cm³/mol. The molecule has 33 heavy (non-hydrogen) atoms. The van der Waals surface area contributed by atoms with Crippen LogP contribution in [-0.4, -0.2) is 65.1 Å². The van der Waals surface area contributed by atoms with E-state index in [1.54, 1.807) is 12.1 Å². The van der Waals surface area contributed by atoms with Crippen LogP contribution in [0.1, 0.15) is 77.6 Å². The molecular weight excluding hydrogens is 420 g/mol. The molecule has 3 saturated heterocycles. The van der Waals surface area contributed by atoms with Crippen LogP contribution in [-0.2, 0) is 16.1 Å². The van der Waals surface area contributed by atoms with Gasteiger partial charge < -0.3 is 5.32 Å². The molecule has 0 bridgehead atoms. The van der Waals surface area contributed by atoms with E-state index in [1.807, 2.05) is 6.07 Å². The first kappa shape index (κ1) is 22.2. The van der Waals surface area contributed by atoms with E-state index in [9.17, 15) is 19.2 Å². The number of fused-ring (bicyclic) bond motifs is 1. The number of rotatable bonds is 6. The van der Waals surface area contributed by atoms with Crippen molar-refractivity contribution in [3.05, 3.63) is 34.9 Å². The summed E-state index contributed by atoms with van der Waals surface area (Å²) in [4.78, 5) is 53.0. The Labute approximate surface area is 194 Å². The van der Waals surface area contributed by atoms with Gasteiger partial charge in [0.2, 0.25) is 11.8 Å². The van der Waals surface area contributed by atoms with Crippen molar-refractivity contribution in [2.75, 3.05) is 19.6 Å². The number of benzene rings is 1. The Balaban J connectivity index is 1.18. The second-order valence-electron chi connectivity index (χ2n) is 9.92. The van der Waals surface area contributed by atoms with Crippen molar-refractivity contribution in [1.82, 2.24) is 20.4 Å². The van der Waals surface area contributed by atoms with Crippen molar-refractivity contribution in [1.29, 1.82) is 0 Å². The highest BCUT2D eigenvalue weighted by atomic mass is 16.2. The van der Waals surface area contributed by atoms with Crippen LogP contribution in [0.15, 0.2) is 18.2 Å². The van der Waals surface area contributed by atoms with Gasteiger partial charge in [-0.25, -0.2) is 0 Å². The SMILES string of the molecule is O=C1CCC(N2C(=O)c3ccc(CN4CCC(CC[C@H]5CCCN5)CC4)cc3C2=O)C(=O)N1. The van der Waals surface area contributed by atoms with Crippen LogP contribution in [0.3, 0.4) is 0 Å². The van der Waals surface area contributed by atoms with Crippen LogP contribution in [0.4, 0.5) is 0 Å². The maximum atomic E-state index is 13.0. The lowest BCUT2D eigenvalue weighted by atomic mass is 9.90. The van der Waals surface area contributed by atoms with Gasteiger partial charge in [-0.3, -0.25) is 34.3 Å². The second kappa shape index (κ2) is 9.35. The number of likely N-dealkylation sites (tertiary alicyclic amines) is 1. The first-order chi connectivity index (χ1) is 16.0. The van der Waals surface area contributed by atoms with E-state index in [2.05, 4.69) is 15.5 Å². The summed E-state index contributed by atoms with van der Waals surface area (Å²) < 4.78 is 0. The van der Waals surface area contributed by atoms with E-state index in [1.165, 1.54) is 45.1 Å². The first-order valence-corrected chi connectivity index (χ1v) is 12.3. The normalized spacial score (nSPS) is 26.7. The van der Waals surface area contributed by atoms with E-state index in [0.29, 0.717) is 11.1 Å². The molecule has 0 spiro atoms. The minimum Gasteiger partial charge on any atom is -0.314 e. The second-order valence-corrected chi connectivity index (χ2v) is 9.92. The molecule has 176 valence electrons. The van der Waals surface area contributed by atoms with E-state index < -0.39 is 23.8 Å². The Morgan fingerprint density at radius 2 is 1.70 bits per heavy atom. The van der Waals surface area contributed by atoms with Gasteiger partial charge in [0.1, 0.15) is 6.04 Å². The van der Waals surface area contributed by atoms with Crippen molar-refractivity contribution >= 4 is 23.6 Å². The predicted octanol–water partition coefficient (Wildman–Crippen LogP) is 1.83. The van der Waals surface area contributed by atoms with Gasteiger partial charge in [0.15, 0.2) is 0 Å². The number of hydrogen-bond donors (Lipinski definition) is 2. The number of piperidine rings is 2. The maximum absolute atomic E-state index is 13.0. The zero-order valence-electron chi connectivity index (χ0n) is 19.0. The lowest BCUT2D eigenvalue weighted by Crippen LogP contribution is -2.54. The lowest BCUT2D eigenvalue weighted by Gasteiger charge is -2.32. The summed E-state index contributed by atoms with van der Waals surface area (Å²) in [6.45, 7) is 4.03. The number of nitrogens with one attached hydrogen (secondary N) is 2. The van der Waals surface area contributed by atoms with E-state index in [4.69, 9.17) is 0 Å². The van der Waals surface area contributed by atoms with Crippen LogP contribution >= 0.6 is 0 Å². The first-order valence-electron chi connectivity index (χ1n) is 12.3. The molecule has 8 heteroatoms. The van der Waals surface area contributed by atoms with Crippen LogP contribution in [0.5, 0.6) is 0 Å². The van der Waals surface area contributed by atoms with Gasteiger partial charge in [-0.1, -0.05) is 6.07 Å². The molecule has 8 nitrogen and oxygen atoms in total. The maximum Gasteiger partial charge on any atom is 0.262 e. The summed E-state index contributed by atoms with van der Waals surface area (Å²) >= 11 is 0. The molecule has 0 aromatic heterocycles. The average molecular weight is 453 g/mol. The topological polar surface area (TPSA) is 98.8 Å². The molecule has 1 aromatic rings. The molecule has 3 fully saturated rings. The quantitative estimate of drug-likeness (QED) is 0.639. The molecule has 0 saturated carbocycles. The summed E-state index contributed by atoms with van der Waals surface area (Å²) in [6, 6.07) is 5.22. The highest BCUT2D eigenvalue weighted by molar-refractivity contribution is 6.23. The van der Waals surface area contributed by atoms with E-state index >= 15 is 0 Å². The number of nitrogens with zero attached hydrogens (tertiary/aromatic N) is 2. The molecule has 1 aromatic carbocycles. The fourth-order valence-electron chi connectivity index (χ4n) is 5.75. The smallest absolute Gasteiger partial charge is 0.262 e. The Morgan fingerprint density at radius 1 is 0.909 bits per heavy atom. The third-order valence-electron chi connectivity index (χ3n) is 7.70. The highest BCUT2D eigenvalue weighted by Gasteiger charge is 2.44. The molecule has 4 heterocycles. The third-order valence-corrected chi connectivity index (χ3v) is 7.70. The Morgan fingerprint density at radius 3 is 2.42 bits per heavy atom. The Hall–Kier alpha value is -2.58.